The van der Waals surface area contributed by atoms with Gasteiger partial charge in [0.15, 0.2) is 28.3 Å². The molecule has 1 saturated carbocycles. The highest BCUT2D eigenvalue weighted by Gasteiger charge is 2.51. The number of fused-ring (bicyclic) bond motifs is 5. The van der Waals surface area contributed by atoms with Crippen molar-refractivity contribution in [3.05, 3.63) is 29.0 Å². The average Bonchev–Trinajstić information content (AvgIpc) is 2.88. The molecule has 1 aromatic carbocycles. The molecule has 2 aliphatic carbocycles. The summed E-state index contributed by atoms with van der Waals surface area (Å²) in [5.41, 5.74) is 0.854. The van der Waals surface area contributed by atoms with Crippen molar-refractivity contribution in [1.82, 2.24) is 0 Å². The van der Waals surface area contributed by atoms with Gasteiger partial charge in [-0.15, -0.1) is 0 Å². The second kappa shape index (κ2) is 6.11. The maximum atomic E-state index is 14.4. The molecule has 2 aromatic rings. The quantitative estimate of drug-likeness (QED) is 0.578. The van der Waals surface area contributed by atoms with E-state index in [4.69, 9.17) is 4.42 Å². The Bertz CT molecular complexity index is 949. The van der Waals surface area contributed by atoms with Gasteiger partial charge in [0.05, 0.1) is 0 Å². The molecule has 0 aliphatic heterocycles. The lowest BCUT2D eigenvalue weighted by Gasteiger charge is -2.50. The summed E-state index contributed by atoms with van der Waals surface area (Å²) in [6.07, 6.45) is 5.13. The molecule has 3 nitrogen and oxygen atoms in total. The molecule has 1 aromatic heterocycles. The zero-order valence-electron chi connectivity index (χ0n) is 16.2. The fourth-order valence-corrected chi connectivity index (χ4v) is 6.50. The highest BCUT2D eigenvalue weighted by Crippen LogP contribution is 2.59. The SMILES string of the molecule is CC1CC[C@@H]2C(C)(C)CCC[C@@]2(C)c2c1oc1c(S(=O)O)c(F)c(F)cc21. The van der Waals surface area contributed by atoms with Crippen molar-refractivity contribution in [1.29, 1.82) is 0 Å². The van der Waals surface area contributed by atoms with Crippen LogP contribution in [-0.2, 0) is 16.5 Å². The van der Waals surface area contributed by atoms with E-state index >= 15 is 0 Å². The van der Waals surface area contributed by atoms with Crippen LogP contribution >= 0.6 is 0 Å². The maximum Gasteiger partial charge on any atom is 0.193 e. The van der Waals surface area contributed by atoms with E-state index in [0.29, 0.717) is 11.3 Å². The molecule has 1 fully saturated rings. The molecular formula is C21H26F2O3S. The monoisotopic (exact) mass is 396 g/mol. The molecule has 4 atom stereocenters. The first-order chi connectivity index (χ1) is 12.6. The summed E-state index contributed by atoms with van der Waals surface area (Å²) < 4.78 is 56.0. The molecule has 0 spiro atoms. The zero-order valence-corrected chi connectivity index (χ0v) is 17.0. The van der Waals surface area contributed by atoms with Gasteiger partial charge in [0, 0.05) is 16.9 Å². The van der Waals surface area contributed by atoms with Crippen LogP contribution in [0.4, 0.5) is 8.78 Å². The Kier molecular flexibility index (Phi) is 4.32. The van der Waals surface area contributed by atoms with Crippen LogP contribution in [0.1, 0.15) is 77.0 Å². The van der Waals surface area contributed by atoms with Gasteiger partial charge in [-0.1, -0.05) is 34.1 Å². The first-order valence-corrected chi connectivity index (χ1v) is 10.7. The fraction of sp³-hybridized carbons (Fsp3) is 0.619. The van der Waals surface area contributed by atoms with Crippen LogP contribution in [0.5, 0.6) is 0 Å². The van der Waals surface area contributed by atoms with Gasteiger partial charge in [0.25, 0.3) is 0 Å². The molecule has 0 bridgehead atoms. The summed E-state index contributed by atoms with van der Waals surface area (Å²) in [6.45, 7) is 8.86. The van der Waals surface area contributed by atoms with Gasteiger partial charge < -0.3 is 8.97 Å². The molecule has 0 amide bonds. The number of furan rings is 1. The lowest BCUT2D eigenvalue weighted by atomic mass is 9.53. The fourth-order valence-electron chi connectivity index (χ4n) is 5.94. The van der Waals surface area contributed by atoms with Crippen LogP contribution in [0.3, 0.4) is 0 Å². The second-order valence-electron chi connectivity index (χ2n) is 9.26. The Morgan fingerprint density at radius 1 is 1.22 bits per heavy atom. The lowest BCUT2D eigenvalue weighted by molar-refractivity contribution is 0.0504. The number of benzene rings is 1. The second-order valence-corrected chi connectivity index (χ2v) is 10.2. The van der Waals surface area contributed by atoms with Crippen LogP contribution < -0.4 is 0 Å². The van der Waals surface area contributed by atoms with Crippen molar-refractivity contribution in [3.63, 3.8) is 0 Å². The van der Waals surface area contributed by atoms with Crippen molar-refractivity contribution >= 4 is 22.0 Å². The molecule has 4 rings (SSSR count). The van der Waals surface area contributed by atoms with Gasteiger partial charge in [-0.25, -0.2) is 13.0 Å². The molecule has 1 heterocycles. The van der Waals surface area contributed by atoms with E-state index in [2.05, 4.69) is 27.7 Å². The Morgan fingerprint density at radius 3 is 2.59 bits per heavy atom. The molecule has 2 aliphatic rings. The first-order valence-electron chi connectivity index (χ1n) is 9.63. The summed E-state index contributed by atoms with van der Waals surface area (Å²) >= 11 is -2.67. The van der Waals surface area contributed by atoms with Crippen molar-refractivity contribution in [2.24, 2.45) is 11.3 Å². The van der Waals surface area contributed by atoms with Gasteiger partial charge in [-0.05, 0) is 48.5 Å². The Morgan fingerprint density at radius 2 is 1.93 bits per heavy atom. The predicted molar refractivity (Wildman–Crippen MR) is 101 cm³/mol. The molecule has 0 radical (unpaired) electrons. The molecule has 2 unspecified atom stereocenters. The van der Waals surface area contributed by atoms with Gasteiger partial charge in [-0.2, -0.15) is 0 Å². The molecule has 148 valence electrons. The molecular weight excluding hydrogens is 370 g/mol. The van der Waals surface area contributed by atoms with Crippen LogP contribution in [0.15, 0.2) is 15.4 Å². The summed E-state index contributed by atoms with van der Waals surface area (Å²) in [5, 5.41) is 0.459. The first kappa shape index (κ1) is 19.1. The van der Waals surface area contributed by atoms with Crippen LogP contribution in [0.25, 0.3) is 11.0 Å². The predicted octanol–water partition coefficient (Wildman–Crippen LogP) is 6.27. The van der Waals surface area contributed by atoms with Crippen LogP contribution in [-0.4, -0.2) is 8.76 Å². The average molecular weight is 396 g/mol. The van der Waals surface area contributed by atoms with Gasteiger partial charge in [0.1, 0.15) is 10.7 Å². The van der Waals surface area contributed by atoms with Crippen molar-refractivity contribution in [3.8, 4) is 0 Å². The van der Waals surface area contributed by atoms with E-state index in [1.165, 1.54) is 0 Å². The number of halogens is 2. The van der Waals surface area contributed by atoms with Gasteiger partial charge in [-0.3, -0.25) is 0 Å². The topological polar surface area (TPSA) is 50.4 Å². The highest BCUT2D eigenvalue weighted by molar-refractivity contribution is 7.79. The van der Waals surface area contributed by atoms with Crippen molar-refractivity contribution < 1.29 is 22.0 Å². The largest absolute Gasteiger partial charge is 0.459 e. The summed E-state index contributed by atoms with van der Waals surface area (Å²) in [4.78, 5) is -0.583. The third-order valence-electron chi connectivity index (χ3n) is 7.17. The summed E-state index contributed by atoms with van der Waals surface area (Å²) in [5.74, 6) is -1.19. The van der Waals surface area contributed by atoms with E-state index in [1.54, 1.807) is 0 Å². The molecule has 0 saturated heterocycles. The van der Waals surface area contributed by atoms with Crippen molar-refractivity contribution in [2.45, 2.75) is 76.0 Å². The minimum absolute atomic E-state index is 0.0248. The smallest absolute Gasteiger partial charge is 0.193 e. The highest BCUT2D eigenvalue weighted by atomic mass is 32.2. The Hall–Kier alpha value is -1.27. The normalized spacial score (nSPS) is 31.2. The van der Waals surface area contributed by atoms with E-state index in [1.807, 2.05) is 0 Å². The van der Waals surface area contributed by atoms with E-state index in [0.717, 1.165) is 49.5 Å². The van der Waals surface area contributed by atoms with E-state index in [-0.39, 0.29) is 22.3 Å². The Labute approximate surface area is 160 Å². The van der Waals surface area contributed by atoms with Crippen LogP contribution in [0.2, 0.25) is 0 Å². The number of hydrogen-bond donors (Lipinski definition) is 1. The maximum absolute atomic E-state index is 14.4. The third kappa shape index (κ3) is 2.63. The van der Waals surface area contributed by atoms with E-state index < -0.39 is 27.6 Å². The van der Waals surface area contributed by atoms with Crippen molar-refractivity contribution in [2.75, 3.05) is 0 Å². The van der Waals surface area contributed by atoms with Gasteiger partial charge >= 0.3 is 0 Å². The van der Waals surface area contributed by atoms with Crippen LogP contribution in [0, 0.1) is 23.0 Å². The zero-order chi connectivity index (χ0) is 19.7. The third-order valence-corrected chi connectivity index (χ3v) is 7.88. The summed E-state index contributed by atoms with van der Waals surface area (Å²) in [7, 11) is 0. The minimum atomic E-state index is -2.67. The van der Waals surface area contributed by atoms with Gasteiger partial charge in [0.2, 0.25) is 0 Å². The summed E-state index contributed by atoms with van der Waals surface area (Å²) in [6, 6.07) is 1.16. The molecule has 27 heavy (non-hydrogen) atoms. The Balaban J connectivity index is 2.10. The minimum Gasteiger partial charge on any atom is -0.459 e. The number of rotatable bonds is 1. The lowest BCUT2D eigenvalue weighted by Crippen LogP contribution is -2.44. The molecule has 6 heteroatoms. The molecule has 1 N–H and O–H groups in total. The standard InChI is InChI=1S/C21H26F2O3S/c1-11-6-7-14-20(2,3)8-5-9-21(14,4)15-12-10-13(22)16(23)19(27(24)25)18(12)26-17(11)15/h10-11,14H,5-9H2,1-4H3,(H,24,25)/t11?,14-,21-/m1/s1. The number of hydrogen-bond acceptors (Lipinski definition) is 2. The van der Waals surface area contributed by atoms with E-state index in [9.17, 15) is 17.5 Å².